The Morgan fingerprint density at radius 2 is 2.03 bits per heavy atom. The molecule has 0 saturated carbocycles. The predicted molar refractivity (Wildman–Crippen MR) is 124 cm³/mol. The van der Waals surface area contributed by atoms with Gasteiger partial charge in [0.25, 0.3) is 0 Å². The minimum absolute atomic E-state index is 0.144. The number of ether oxygens (including phenoxy) is 1. The summed E-state index contributed by atoms with van der Waals surface area (Å²) in [5.41, 5.74) is 1.76. The molecule has 31 heavy (non-hydrogen) atoms. The number of carbonyl (C=O) groups is 1. The molecular weight excluding hydrogens is 432 g/mol. The molecule has 6 nitrogen and oxygen atoms in total. The number of likely N-dealkylation sites (tertiary alicyclic amines) is 1. The van der Waals surface area contributed by atoms with Crippen molar-refractivity contribution in [3.63, 3.8) is 0 Å². The first kappa shape index (κ1) is 21.7. The van der Waals surface area contributed by atoms with Crippen molar-refractivity contribution in [2.75, 3.05) is 26.0 Å². The van der Waals surface area contributed by atoms with E-state index in [0.29, 0.717) is 27.7 Å². The molecule has 162 valence electrons. The minimum atomic E-state index is 0.144. The third-order valence-electron chi connectivity index (χ3n) is 5.38. The summed E-state index contributed by atoms with van der Waals surface area (Å²) in [4.78, 5) is 14.7. The Balaban J connectivity index is 1.63. The van der Waals surface area contributed by atoms with Crippen LogP contribution in [0.25, 0.3) is 17.1 Å². The minimum Gasteiger partial charge on any atom is -0.497 e. The van der Waals surface area contributed by atoms with Crippen LogP contribution in [0.5, 0.6) is 5.75 Å². The summed E-state index contributed by atoms with van der Waals surface area (Å²) < 4.78 is 7.33. The number of methoxy groups -OCH3 is 1. The first-order valence-electron chi connectivity index (χ1n) is 10.3. The molecule has 1 aliphatic heterocycles. The molecule has 0 radical (unpaired) electrons. The van der Waals surface area contributed by atoms with E-state index in [1.807, 2.05) is 58.0 Å². The highest BCUT2D eigenvalue weighted by atomic mass is 35.5. The topological polar surface area (TPSA) is 60.3 Å². The molecule has 0 spiro atoms. The van der Waals surface area contributed by atoms with Crippen LogP contribution in [0.4, 0.5) is 0 Å². The van der Waals surface area contributed by atoms with Crippen molar-refractivity contribution in [1.82, 2.24) is 19.7 Å². The van der Waals surface area contributed by atoms with E-state index in [1.165, 1.54) is 18.2 Å². The van der Waals surface area contributed by atoms with E-state index in [1.54, 1.807) is 7.11 Å². The highest BCUT2D eigenvalue weighted by Crippen LogP contribution is 2.30. The fourth-order valence-electron chi connectivity index (χ4n) is 3.77. The number of rotatable bonds is 6. The van der Waals surface area contributed by atoms with Crippen molar-refractivity contribution in [2.24, 2.45) is 5.92 Å². The van der Waals surface area contributed by atoms with Gasteiger partial charge in [-0.1, -0.05) is 42.4 Å². The maximum absolute atomic E-state index is 12.8. The lowest BCUT2D eigenvalue weighted by molar-refractivity contribution is -0.130. The Kier molecular flexibility index (Phi) is 6.83. The van der Waals surface area contributed by atoms with Crippen molar-refractivity contribution >= 4 is 29.3 Å². The molecule has 8 heteroatoms. The fourth-order valence-corrected chi connectivity index (χ4v) is 4.75. The summed E-state index contributed by atoms with van der Waals surface area (Å²) in [5, 5.41) is 10.2. The summed E-state index contributed by atoms with van der Waals surface area (Å²) in [6.07, 6.45) is 2.25. The molecule has 3 aromatic rings. The number of nitrogens with zero attached hydrogens (tertiary/aromatic N) is 4. The summed E-state index contributed by atoms with van der Waals surface area (Å²) in [6.45, 7) is 3.87. The van der Waals surface area contributed by atoms with Gasteiger partial charge in [-0.2, -0.15) is 0 Å². The summed E-state index contributed by atoms with van der Waals surface area (Å²) >= 11 is 7.51. The second-order valence-electron chi connectivity index (χ2n) is 7.73. The van der Waals surface area contributed by atoms with Crippen molar-refractivity contribution in [3.8, 4) is 22.8 Å². The lowest BCUT2D eigenvalue weighted by Crippen LogP contribution is -2.40. The number of halogens is 1. The molecule has 1 atom stereocenters. The summed E-state index contributed by atoms with van der Waals surface area (Å²) in [5.74, 6) is 2.45. The van der Waals surface area contributed by atoms with Crippen LogP contribution in [0.2, 0.25) is 5.02 Å². The standard InChI is InChI=1S/C23H25ClN4O2S/c1-16-5-4-12-27(14-16)21(29)15-31-23-26-25-22(17-6-3-7-20(13-17)30-2)28(23)19-10-8-18(24)9-11-19/h3,6-11,13,16H,4-5,12,14-15H2,1-2H3. The second-order valence-corrected chi connectivity index (χ2v) is 9.10. The molecule has 0 bridgehead atoms. The van der Waals surface area contributed by atoms with E-state index < -0.39 is 0 Å². The Morgan fingerprint density at radius 1 is 1.23 bits per heavy atom. The first-order chi connectivity index (χ1) is 15.0. The van der Waals surface area contributed by atoms with E-state index in [-0.39, 0.29) is 5.91 Å². The van der Waals surface area contributed by atoms with E-state index in [9.17, 15) is 4.79 Å². The van der Waals surface area contributed by atoms with Gasteiger partial charge in [-0.3, -0.25) is 9.36 Å². The third kappa shape index (κ3) is 5.05. The number of thioether (sulfide) groups is 1. The zero-order valence-corrected chi connectivity index (χ0v) is 19.2. The van der Waals surface area contributed by atoms with Gasteiger partial charge in [0.2, 0.25) is 5.91 Å². The average Bonchev–Trinajstić information content (AvgIpc) is 3.22. The molecule has 2 aromatic carbocycles. The van der Waals surface area contributed by atoms with Crippen molar-refractivity contribution < 1.29 is 9.53 Å². The maximum atomic E-state index is 12.8. The normalized spacial score (nSPS) is 16.4. The van der Waals surface area contributed by atoms with Gasteiger partial charge < -0.3 is 9.64 Å². The molecule has 2 heterocycles. The Bertz CT molecular complexity index is 1050. The van der Waals surface area contributed by atoms with Crippen LogP contribution in [0.3, 0.4) is 0 Å². The lowest BCUT2D eigenvalue weighted by Gasteiger charge is -2.30. The summed E-state index contributed by atoms with van der Waals surface area (Å²) in [7, 11) is 1.64. The van der Waals surface area contributed by atoms with E-state index >= 15 is 0 Å². The van der Waals surface area contributed by atoms with Gasteiger partial charge in [-0.25, -0.2) is 0 Å². The lowest BCUT2D eigenvalue weighted by atomic mass is 10.0. The van der Waals surface area contributed by atoms with Crippen LogP contribution < -0.4 is 4.74 Å². The number of benzene rings is 2. The first-order valence-corrected chi connectivity index (χ1v) is 11.7. The van der Waals surface area contributed by atoms with Crippen LogP contribution in [0, 0.1) is 5.92 Å². The van der Waals surface area contributed by atoms with Gasteiger partial charge in [0.05, 0.1) is 12.9 Å². The third-order valence-corrected chi connectivity index (χ3v) is 6.55. The van der Waals surface area contributed by atoms with Crippen molar-refractivity contribution in [2.45, 2.75) is 24.9 Å². The molecule has 1 aliphatic rings. The van der Waals surface area contributed by atoms with Gasteiger partial charge in [0, 0.05) is 29.4 Å². The number of carbonyl (C=O) groups excluding carboxylic acids is 1. The molecule has 0 N–H and O–H groups in total. The van der Waals surface area contributed by atoms with Crippen LogP contribution in [-0.4, -0.2) is 51.5 Å². The summed E-state index contributed by atoms with van der Waals surface area (Å²) in [6, 6.07) is 15.2. The Labute approximate surface area is 191 Å². The quantitative estimate of drug-likeness (QED) is 0.491. The van der Waals surface area contributed by atoms with Gasteiger partial charge in [-0.15, -0.1) is 10.2 Å². The monoisotopic (exact) mass is 456 g/mol. The number of hydrogen-bond donors (Lipinski definition) is 0. The van der Waals surface area contributed by atoms with Crippen LogP contribution in [0.1, 0.15) is 19.8 Å². The maximum Gasteiger partial charge on any atom is 0.233 e. The van der Waals surface area contributed by atoms with Crippen molar-refractivity contribution in [3.05, 3.63) is 53.6 Å². The molecule has 0 aliphatic carbocycles. The predicted octanol–water partition coefficient (Wildman–Crippen LogP) is 4.95. The van der Waals surface area contributed by atoms with E-state index in [0.717, 1.165) is 36.5 Å². The van der Waals surface area contributed by atoms with Gasteiger partial charge in [0.1, 0.15) is 5.75 Å². The molecule has 1 saturated heterocycles. The zero-order valence-electron chi connectivity index (χ0n) is 17.6. The SMILES string of the molecule is COc1cccc(-c2nnc(SCC(=O)N3CCCC(C)C3)n2-c2ccc(Cl)cc2)c1. The Morgan fingerprint density at radius 3 is 2.77 bits per heavy atom. The van der Waals surface area contributed by atoms with Crippen LogP contribution >= 0.6 is 23.4 Å². The largest absolute Gasteiger partial charge is 0.497 e. The number of amides is 1. The molecule has 4 rings (SSSR count). The number of aromatic nitrogens is 3. The number of piperidine rings is 1. The number of hydrogen-bond acceptors (Lipinski definition) is 5. The van der Waals surface area contributed by atoms with Gasteiger partial charge >= 0.3 is 0 Å². The fraction of sp³-hybridized carbons (Fsp3) is 0.348. The van der Waals surface area contributed by atoms with E-state index in [2.05, 4.69) is 17.1 Å². The average molecular weight is 457 g/mol. The van der Waals surface area contributed by atoms with Crippen LogP contribution in [-0.2, 0) is 4.79 Å². The van der Waals surface area contributed by atoms with Gasteiger partial charge in [0.15, 0.2) is 11.0 Å². The molecule has 1 aromatic heterocycles. The molecule has 1 amide bonds. The van der Waals surface area contributed by atoms with Crippen molar-refractivity contribution in [1.29, 1.82) is 0 Å². The Hall–Kier alpha value is -2.51. The van der Waals surface area contributed by atoms with Gasteiger partial charge in [-0.05, 0) is 55.2 Å². The molecule has 1 fully saturated rings. The smallest absolute Gasteiger partial charge is 0.233 e. The second kappa shape index (κ2) is 9.75. The highest BCUT2D eigenvalue weighted by Gasteiger charge is 2.23. The van der Waals surface area contributed by atoms with Crippen LogP contribution in [0.15, 0.2) is 53.7 Å². The molecular formula is C23H25ClN4O2S. The van der Waals surface area contributed by atoms with E-state index in [4.69, 9.17) is 16.3 Å². The highest BCUT2D eigenvalue weighted by molar-refractivity contribution is 7.99. The molecule has 1 unspecified atom stereocenters. The zero-order chi connectivity index (χ0) is 21.8.